The molecule has 0 saturated heterocycles. The Morgan fingerprint density at radius 2 is 1.53 bits per heavy atom. The summed E-state index contributed by atoms with van der Waals surface area (Å²) in [5.41, 5.74) is 2.41. The van der Waals surface area contributed by atoms with E-state index in [9.17, 15) is 9.59 Å². The third-order valence-corrected chi connectivity index (χ3v) is 7.82. The Hall–Kier alpha value is -3.91. The van der Waals surface area contributed by atoms with Crippen LogP contribution in [0, 0.1) is 0 Å². The predicted octanol–water partition coefficient (Wildman–Crippen LogP) is 5.41. The van der Waals surface area contributed by atoms with E-state index in [4.69, 9.17) is 0 Å². The second-order valence-electron chi connectivity index (χ2n) is 9.42. The summed E-state index contributed by atoms with van der Waals surface area (Å²) in [6.45, 7) is 0. The van der Waals surface area contributed by atoms with Crippen molar-refractivity contribution in [3.63, 3.8) is 0 Å². The van der Waals surface area contributed by atoms with Gasteiger partial charge in [-0.25, -0.2) is 0 Å². The van der Waals surface area contributed by atoms with Crippen LogP contribution < -0.4 is 10.2 Å². The van der Waals surface area contributed by atoms with Crippen LogP contribution in [0.15, 0.2) is 96.2 Å². The van der Waals surface area contributed by atoms with Crippen LogP contribution in [0.3, 0.4) is 0 Å². The molecule has 38 heavy (non-hydrogen) atoms. The number of anilines is 1. The van der Waals surface area contributed by atoms with Crippen LogP contribution in [0.1, 0.15) is 37.3 Å². The van der Waals surface area contributed by atoms with Gasteiger partial charge in [-0.05, 0) is 30.5 Å². The Kier molecular flexibility index (Phi) is 8.19. The Morgan fingerprint density at radius 3 is 2.18 bits per heavy atom. The number of carbonyl (C=O) groups excluding carboxylic acids is 2. The molecule has 1 aromatic heterocycles. The minimum absolute atomic E-state index is 0.107. The van der Waals surface area contributed by atoms with E-state index in [2.05, 4.69) is 15.5 Å². The number of thioether (sulfide) groups is 1. The van der Waals surface area contributed by atoms with Crippen LogP contribution in [0.4, 0.5) is 5.69 Å². The number of carbonyl (C=O) groups is 2. The molecule has 3 aromatic carbocycles. The molecule has 2 amide bonds. The van der Waals surface area contributed by atoms with E-state index in [1.807, 2.05) is 103 Å². The van der Waals surface area contributed by atoms with Crippen molar-refractivity contribution >= 4 is 29.3 Å². The van der Waals surface area contributed by atoms with Gasteiger partial charge in [0.25, 0.3) is 0 Å². The minimum Gasteiger partial charge on any atom is -0.351 e. The summed E-state index contributed by atoms with van der Waals surface area (Å²) in [4.78, 5) is 29.3. The van der Waals surface area contributed by atoms with Crippen molar-refractivity contribution in [3.05, 3.63) is 96.6 Å². The molecule has 1 atom stereocenters. The van der Waals surface area contributed by atoms with Gasteiger partial charge in [0.2, 0.25) is 11.8 Å². The van der Waals surface area contributed by atoms with E-state index in [0.717, 1.165) is 42.6 Å². The molecule has 0 radical (unpaired) electrons. The van der Waals surface area contributed by atoms with E-state index < -0.39 is 6.04 Å². The van der Waals surface area contributed by atoms with Crippen molar-refractivity contribution in [2.24, 2.45) is 7.05 Å². The summed E-state index contributed by atoms with van der Waals surface area (Å²) in [6, 6.07) is 28.1. The highest BCUT2D eigenvalue weighted by molar-refractivity contribution is 7.99. The number of benzene rings is 3. The lowest BCUT2D eigenvalue weighted by molar-refractivity contribution is -0.126. The van der Waals surface area contributed by atoms with Crippen molar-refractivity contribution in [3.8, 4) is 11.4 Å². The van der Waals surface area contributed by atoms with Gasteiger partial charge >= 0.3 is 0 Å². The standard InChI is InChI=1S/C30H31N5O2S/c1-34-28(23-15-7-3-8-16-23)32-33-30(34)38-21-26(36)35(25-19-9-4-10-20-25)27(22-13-5-2-6-14-22)29(37)31-24-17-11-12-18-24/h2-10,13-16,19-20,24,27H,11-12,17-18,21H2,1H3,(H,31,37). The highest BCUT2D eigenvalue weighted by atomic mass is 32.2. The van der Waals surface area contributed by atoms with Crippen molar-refractivity contribution in [1.29, 1.82) is 0 Å². The zero-order chi connectivity index (χ0) is 26.3. The topological polar surface area (TPSA) is 80.1 Å². The zero-order valence-corrected chi connectivity index (χ0v) is 22.2. The molecule has 1 saturated carbocycles. The Balaban J connectivity index is 1.43. The number of hydrogen-bond acceptors (Lipinski definition) is 5. The van der Waals surface area contributed by atoms with Gasteiger partial charge in [0, 0.05) is 24.3 Å². The van der Waals surface area contributed by atoms with Gasteiger partial charge < -0.3 is 9.88 Å². The molecular formula is C30H31N5O2S. The zero-order valence-electron chi connectivity index (χ0n) is 21.4. The summed E-state index contributed by atoms with van der Waals surface area (Å²) in [5.74, 6) is 0.505. The van der Waals surface area contributed by atoms with Crippen LogP contribution >= 0.6 is 11.8 Å². The first-order valence-electron chi connectivity index (χ1n) is 12.9. The first-order chi connectivity index (χ1) is 18.6. The molecule has 194 valence electrons. The van der Waals surface area contributed by atoms with E-state index in [-0.39, 0.29) is 23.6 Å². The number of hydrogen-bond donors (Lipinski definition) is 1. The van der Waals surface area contributed by atoms with E-state index in [1.54, 1.807) is 4.90 Å². The molecule has 0 bridgehead atoms. The first kappa shape index (κ1) is 25.7. The molecule has 1 aliphatic carbocycles. The second kappa shape index (κ2) is 12.1. The number of aromatic nitrogens is 3. The number of nitrogens with one attached hydrogen (secondary N) is 1. The second-order valence-corrected chi connectivity index (χ2v) is 10.4. The average molecular weight is 526 g/mol. The summed E-state index contributed by atoms with van der Waals surface area (Å²) >= 11 is 1.32. The normalized spacial score (nSPS) is 14.2. The van der Waals surface area contributed by atoms with Gasteiger partial charge in [-0.3, -0.25) is 14.5 Å². The fourth-order valence-electron chi connectivity index (χ4n) is 4.90. The maximum atomic E-state index is 13.9. The SMILES string of the molecule is Cn1c(SCC(=O)N(c2ccccc2)C(C(=O)NC2CCCC2)c2ccccc2)nnc1-c1ccccc1. The van der Waals surface area contributed by atoms with E-state index in [1.165, 1.54) is 11.8 Å². The largest absolute Gasteiger partial charge is 0.351 e. The van der Waals surface area contributed by atoms with Crippen molar-refractivity contribution in [2.75, 3.05) is 10.7 Å². The van der Waals surface area contributed by atoms with Gasteiger partial charge in [0.05, 0.1) is 5.75 Å². The van der Waals surface area contributed by atoms with Crippen LogP contribution in [0.25, 0.3) is 11.4 Å². The third-order valence-electron chi connectivity index (χ3n) is 6.82. The number of nitrogens with zero attached hydrogens (tertiary/aromatic N) is 4. The highest BCUT2D eigenvalue weighted by Gasteiger charge is 2.34. The quantitative estimate of drug-likeness (QED) is 0.296. The molecule has 0 spiro atoms. The Labute approximate surface area is 227 Å². The number of para-hydroxylation sites is 1. The van der Waals surface area contributed by atoms with Gasteiger partial charge in [0.15, 0.2) is 11.0 Å². The average Bonchev–Trinajstić information content (AvgIpc) is 3.61. The van der Waals surface area contributed by atoms with Gasteiger partial charge in [-0.1, -0.05) is 103 Å². The molecule has 1 heterocycles. The minimum atomic E-state index is -0.785. The molecule has 1 unspecified atom stereocenters. The maximum Gasteiger partial charge on any atom is 0.248 e. The molecule has 7 nitrogen and oxygen atoms in total. The molecule has 1 fully saturated rings. The lowest BCUT2D eigenvalue weighted by atomic mass is 10.0. The van der Waals surface area contributed by atoms with Gasteiger partial charge in [0.1, 0.15) is 6.04 Å². The van der Waals surface area contributed by atoms with Crippen molar-refractivity contribution in [1.82, 2.24) is 20.1 Å². The molecule has 8 heteroatoms. The smallest absolute Gasteiger partial charge is 0.248 e. The number of rotatable bonds is 9. The van der Waals surface area contributed by atoms with E-state index >= 15 is 0 Å². The Bertz CT molecular complexity index is 1360. The fourth-order valence-corrected chi connectivity index (χ4v) is 5.67. The van der Waals surface area contributed by atoms with Crippen molar-refractivity contribution < 1.29 is 9.59 Å². The molecule has 1 N–H and O–H groups in total. The van der Waals surface area contributed by atoms with Crippen LogP contribution in [0.2, 0.25) is 0 Å². The number of amides is 2. The molecular weight excluding hydrogens is 494 g/mol. The fraction of sp³-hybridized carbons (Fsp3) is 0.267. The monoisotopic (exact) mass is 525 g/mol. The van der Waals surface area contributed by atoms with Gasteiger partial charge in [-0.15, -0.1) is 10.2 Å². The summed E-state index contributed by atoms with van der Waals surface area (Å²) in [6.07, 6.45) is 4.17. The molecule has 1 aliphatic rings. The highest BCUT2D eigenvalue weighted by Crippen LogP contribution is 2.31. The van der Waals surface area contributed by atoms with Crippen LogP contribution in [-0.2, 0) is 16.6 Å². The van der Waals surface area contributed by atoms with Crippen molar-refractivity contribution in [2.45, 2.75) is 42.9 Å². The summed E-state index contributed by atoms with van der Waals surface area (Å²) in [5, 5.41) is 12.5. The predicted molar refractivity (Wildman–Crippen MR) is 151 cm³/mol. The van der Waals surface area contributed by atoms with E-state index in [0.29, 0.717) is 10.8 Å². The lowest BCUT2D eigenvalue weighted by Gasteiger charge is -2.32. The van der Waals surface area contributed by atoms with Crippen LogP contribution in [-0.4, -0.2) is 38.4 Å². The first-order valence-corrected chi connectivity index (χ1v) is 13.9. The third kappa shape index (κ3) is 5.81. The Morgan fingerprint density at radius 1 is 0.921 bits per heavy atom. The summed E-state index contributed by atoms with van der Waals surface area (Å²) in [7, 11) is 1.89. The molecule has 0 aliphatic heterocycles. The maximum absolute atomic E-state index is 13.9. The molecule has 4 aromatic rings. The summed E-state index contributed by atoms with van der Waals surface area (Å²) < 4.78 is 1.89. The van der Waals surface area contributed by atoms with Gasteiger partial charge in [-0.2, -0.15) is 0 Å². The van der Waals surface area contributed by atoms with Crippen LogP contribution in [0.5, 0.6) is 0 Å². The lowest BCUT2D eigenvalue weighted by Crippen LogP contribution is -2.47. The molecule has 5 rings (SSSR count).